The molecule has 5 nitrogen and oxygen atoms in total. The molecule has 1 heterocycles. The van der Waals surface area contributed by atoms with Crippen LogP contribution in [0.3, 0.4) is 0 Å². The van der Waals surface area contributed by atoms with Crippen LogP contribution in [0.2, 0.25) is 0 Å². The second-order valence-corrected chi connectivity index (χ2v) is 7.46. The van der Waals surface area contributed by atoms with Gasteiger partial charge in [-0.2, -0.15) is 4.31 Å². The van der Waals surface area contributed by atoms with Crippen molar-refractivity contribution in [3.8, 4) is 0 Å². The molecule has 0 atom stereocenters. The van der Waals surface area contributed by atoms with E-state index in [1.54, 1.807) is 0 Å². The number of carbonyl (C=O) groups is 1. The number of aromatic carboxylic acids is 1. The van der Waals surface area contributed by atoms with E-state index >= 15 is 0 Å². The highest BCUT2D eigenvalue weighted by Crippen LogP contribution is 2.26. The molecule has 0 fully saturated rings. The first-order valence-electron chi connectivity index (χ1n) is 7.54. The maximum Gasteiger partial charge on any atom is 0.243 e. The maximum atomic E-state index is 12.7. The average Bonchev–Trinajstić information content (AvgIpc) is 2.62. The zero-order valence-corrected chi connectivity index (χ0v) is 13.7. The quantitative estimate of drug-likeness (QED) is 0.844. The van der Waals surface area contributed by atoms with Gasteiger partial charge in [-0.3, -0.25) is 0 Å². The van der Waals surface area contributed by atoms with Crippen LogP contribution in [0.4, 0.5) is 0 Å². The predicted octanol–water partition coefficient (Wildman–Crippen LogP) is 1.53. The second kappa shape index (κ2) is 6.59. The Morgan fingerprint density at radius 3 is 2.42 bits per heavy atom. The number of nitrogens with zero attached hydrogens (tertiary/aromatic N) is 1. The van der Waals surface area contributed by atoms with Gasteiger partial charge in [-0.15, -0.1) is 0 Å². The minimum absolute atomic E-state index is 0.0271. The summed E-state index contributed by atoms with van der Waals surface area (Å²) in [5.74, 6) is -1.39. The van der Waals surface area contributed by atoms with Crippen LogP contribution in [-0.4, -0.2) is 31.8 Å². The van der Waals surface area contributed by atoms with E-state index in [1.807, 2.05) is 36.4 Å². The van der Waals surface area contributed by atoms with E-state index in [0.29, 0.717) is 13.0 Å². The topological polar surface area (TPSA) is 77.5 Å². The normalized spacial score (nSPS) is 15.8. The van der Waals surface area contributed by atoms with Crippen LogP contribution >= 0.6 is 0 Å². The van der Waals surface area contributed by atoms with Crippen LogP contribution in [0.5, 0.6) is 0 Å². The molecule has 0 N–H and O–H groups in total. The molecule has 0 radical (unpaired) electrons. The molecule has 0 aliphatic carbocycles. The number of carboxylic acid groups (broad SMARTS) is 1. The van der Waals surface area contributed by atoms with Crippen LogP contribution in [0.15, 0.2) is 65.6 Å². The van der Waals surface area contributed by atoms with E-state index in [0.717, 1.165) is 17.2 Å². The Bertz CT molecular complexity index is 888. The van der Waals surface area contributed by atoms with Crippen molar-refractivity contribution in [2.24, 2.45) is 0 Å². The van der Waals surface area contributed by atoms with Gasteiger partial charge in [0, 0.05) is 13.1 Å². The minimum atomic E-state index is -3.73. The van der Waals surface area contributed by atoms with Crippen molar-refractivity contribution >= 4 is 21.6 Å². The van der Waals surface area contributed by atoms with Gasteiger partial charge in [-0.1, -0.05) is 48.5 Å². The third-order valence-corrected chi connectivity index (χ3v) is 5.89. The standard InChI is InChI=1S/C18H17NO4S/c20-18(21)16-7-4-8-17(13-16)24(22,23)19-11-9-15(10-12-19)14-5-2-1-3-6-14/h1-9,13H,10-12H2,(H,20,21)/p-1. The number of rotatable bonds is 4. The smallest absolute Gasteiger partial charge is 0.243 e. The number of benzene rings is 2. The molecule has 0 saturated carbocycles. The molecular weight excluding hydrogens is 326 g/mol. The molecule has 2 aromatic rings. The molecule has 0 aromatic heterocycles. The van der Waals surface area contributed by atoms with Crippen LogP contribution in [-0.2, 0) is 10.0 Å². The molecular formula is C18H16NO4S-. The van der Waals surface area contributed by atoms with Crippen molar-refractivity contribution in [1.29, 1.82) is 0 Å². The molecule has 0 unspecified atom stereocenters. The maximum absolute atomic E-state index is 12.7. The highest BCUT2D eigenvalue weighted by molar-refractivity contribution is 7.89. The van der Waals surface area contributed by atoms with Crippen LogP contribution in [0, 0.1) is 0 Å². The Kier molecular flexibility index (Phi) is 4.51. The van der Waals surface area contributed by atoms with Crippen LogP contribution in [0.25, 0.3) is 5.57 Å². The van der Waals surface area contributed by atoms with Gasteiger partial charge in [0.15, 0.2) is 0 Å². The molecule has 2 aromatic carbocycles. The lowest BCUT2D eigenvalue weighted by molar-refractivity contribution is -0.255. The number of carboxylic acids is 1. The Balaban J connectivity index is 1.84. The van der Waals surface area contributed by atoms with Gasteiger partial charge in [0.1, 0.15) is 0 Å². The monoisotopic (exact) mass is 342 g/mol. The summed E-state index contributed by atoms with van der Waals surface area (Å²) in [6.07, 6.45) is 2.52. The largest absolute Gasteiger partial charge is 0.545 e. The number of hydrogen-bond donors (Lipinski definition) is 0. The Morgan fingerprint density at radius 1 is 1.04 bits per heavy atom. The Labute approximate surface area is 140 Å². The van der Waals surface area contributed by atoms with Crippen molar-refractivity contribution in [3.05, 3.63) is 71.8 Å². The Morgan fingerprint density at radius 2 is 1.79 bits per heavy atom. The summed E-state index contributed by atoms with van der Waals surface area (Å²) in [6, 6.07) is 15.1. The SMILES string of the molecule is O=C([O-])c1cccc(S(=O)(=O)N2CC=C(c3ccccc3)CC2)c1. The molecule has 0 amide bonds. The van der Waals surface area contributed by atoms with Crippen LogP contribution in [0.1, 0.15) is 22.3 Å². The minimum Gasteiger partial charge on any atom is -0.545 e. The molecule has 1 aliphatic heterocycles. The third-order valence-electron chi connectivity index (χ3n) is 4.02. The first kappa shape index (κ1) is 16.4. The first-order chi connectivity index (χ1) is 11.5. The fourth-order valence-corrected chi connectivity index (χ4v) is 4.14. The van der Waals surface area contributed by atoms with Gasteiger partial charge >= 0.3 is 0 Å². The lowest BCUT2D eigenvalue weighted by Crippen LogP contribution is -2.35. The molecule has 0 saturated heterocycles. The summed E-state index contributed by atoms with van der Waals surface area (Å²) in [5, 5.41) is 10.9. The number of hydrogen-bond acceptors (Lipinski definition) is 4. The van der Waals surface area contributed by atoms with E-state index in [9.17, 15) is 18.3 Å². The molecule has 124 valence electrons. The van der Waals surface area contributed by atoms with E-state index in [2.05, 4.69) is 0 Å². The van der Waals surface area contributed by atoms with Crippen LogP contribution < -0.4 is 5.11 Å². The van der Waals surface area contributed by atoms with E-state index < -0.39 is 16.0 Å². The van der Waals surface area contributed by atoms with Crippen molar-refractivity contribution in [2.75, 3.05) is 13.1 Å². The molecule has 6 heteroatoms. The first-order valence-corrected chi connectivity index (χ1v) is 8.98. The Hall–Kier alpha value is -2.44. The lowest BCUT2D eigenvalue weighted by Gasteiger charge is -2.26. The molecule has 0 spiro atoms. The van der Waals surface area contributed by atoms with Gasteiger partial charge in [0.2, 0.25) is 10.0 Å². The molecule has 0 bridgehead atoms. The fraction of sp³-hybridized carbons (Fsp3) is 0.167. The average molecular weight is 342 g/mol. The third kappa shape index (κ3) is 3.25. The summed E-state index contributed by atoms with van der Waals surface area (Å²) < 4.78 is 26.7. The van der Waals surface area contributed by atoms with Gasteiger partial charge in [0.05, 0.1) is 10.9 Å². The second-order valence-electron chi connectivity index (χ2n) is 5.52. The summed E-state index contributed by atoms with van der Waals surface area (Å²) in [7, 11) is -3.73. The zero-order valence-electron chi connectivity index (χ0n) is 12.9. The summed E-state index contributed by atoms with van der Waals surface area (Å²) in [5.41, 5.74) is 2.06. The van der Waals surface area contributed by atoms with Crippen molar-refractivity contribution < 1.29 is 18.3 Å². The molecule has 3 rings (SSSR count). The van der Waals surface area contributed by atoms with E-state index in [1.165, 1.54) is 22.5 Å². The van der Waals surface area contributed by atoms with Crippen molar-refractivity contribution in [2.45, 2.75) is 11.3 Å². The van der Waals surface area contributed by atoms with E-state index in [4.69, 9.17) is 0 Å². The summed E-state index contributed by atoms with van der Waals surface area (Å²) >= 11 is 0. The fourth-order valence-electron chi connectivity index (χ4n) is 2.72. The van der Waals surface area contributed by atoms with Gasteiger partial charge in [0.25, 0.3) is 0 Å². The van der Waals surface area contributed by atoms with Gasteiger partial charge in [-0.05, 0) is 35.3 Å². The van der Waals surface area contributed by atoms with Gasteiger partial charge in [-0.25, -0.2) is 8.42 Å². The number of sulfonamides is 1. The lowest BCUT2D eigenvalue weighted by atomic mass is 10.0. The summed E-state index contributed by atoms with van der Waals surface area (Å²) in [6.45, 7) is 0.626. The predicted molar refractivity (Wildman–Crippen MR) is 88.6 cm³/mol. The highest BCUT2D eigenvalue weighted by Gasteiger charge is 2.26. The highest BCUT2D eigenvalue weighted by atomic mass is 32.2. The summed E-state index contributed by atoms with van der Waals surface area (Å²) in [4.78, 5) is 10.9. The van der Waals surface area contributed by atoms with Gasteiger partial charge < -0.3 is 9.90 Å². The van der Waals surface area contributed by atoms with Crippen molar-refractivity contribution in [3.63, 3.8) is 0 Å². The van der Waals surface area contributed by atoms with Crippen molar-refractivity contribution in [1.82, 2.24) is 4.31 Å². The molecule has 1 aliphatic rings. The number of carbonyl (C=O) groups excluding carboxylic acids is 1. The zero-order chi connectivity index (χ0) is 17.2. The van der Waals surface area contributed by atoms with E-state index in [-0.39, 0.29) is 17.0 Å². The molecule has 24 heavy (non-hydrogen) atoms.